The molecule has 126 valence electrons. The van der Waals surface area contributed by atoms with Gasteiger partial charge >= 0.3 is 0 Å². The molecule has 1 atom stereocenters. The summed E-state index contributed by atoms with van der Waals surface area (Å²) in [6.07, 6.45) is 6.99. The highest BCUT2D eigenvalue weighted by molar-refractivity contribution is 8.00. The maximum atomic E-state index is 5.45. The van der Waals surface area contributed by atoms with E-state index >= 15 is 0 Å². The lowest BCUT2D eigenvalue weighted by Gasteiger charge is -2.15. The van der Waals surface area contributed by atoms with Crippen molar-refractivity contribution >= 4 is 17.3 Å². The summed E-state index contributed by atoms with van der Waals surface area (Å²) in [7, 11) is 0. The third-order valence-corrected chi connectivity index (χ3v) is 5.32. The number of hydrogen-bond donors (Lipinski definition) is 0. The van der Waals surface area contributed by atoms with E-state index in [2.05, 4.69) is 73.3 Å². The maximum absolute atomic E-state index is 5.45. The van der Waals surface area contributed by atoms with Gasteiger partial charge in [0.05, 0.1) is 6.26 Å². The Morgan fingerprint density at radius 1 is 1.00 bits per heavy atom. The zero-order valence-corrected chi connectivity index (χ0v) is 15.2. The van der Waals surface area contributed by atoms with Crippen molar-refractivity contribution in [3.8, 4) is 0 Å². The van der Waals surface area contributed by atoms with E-state index < -0.39 is 0 Å². The van der Waals surface area contributed by atoms with Gasteiger partial charge in [-0.1, -0.05) is 72.8 Å². The minimum Gasteiger partial charge on any atom is -0.468 e. The van der Waals surface area contributed by atoms with Gasteiger partial charge in [0.25, 0.3) is 0 Å². The van der Waals surface area contributed by atoms with Crippen LogP contribution in [0.25, 0.3) is 5.57 Å². The van der Waals surface area contributed by atoms with E-state index in [0.29, 0.717) is 5.25 Å². The fourth-order valence-corrected chi connectivity index (χ4v) is 3.86. The van der Waals surface area contributed by atoms with Gasteiger partial charge in [0.2, 0.25) is 0 Å². The van der Waals surface area contributed by atoms with Crippen molar-refractivity contribution in [3.63, 3.8) is 0 Å². The summed E-state index contributed by atoms with van der Waals surface area (Å²) < 4.78 is 5.45. The third kappa shape index (κ3) is 4.55. The van der Waals surface area contributed by atoms with E-state index in [4.69, 9.17) is 4.42 Å². The molecule has 1 nitrogen and oxygen atoms in total. The molecule has 1 unspecified atom stereocenters. The van der Waals surface area contributed by atoms with Crippen LogP contribution in [0.2, 0.25) is 0 Å². The molecular formula is C23H22OS. The van der Waals surface area contributed by atoms with Crippen molar-refractivity contribution < 1.29 is 4.42 Å². The molecule has 3 rings (SSSR count). The summed E-state index contributed by atoms with van der Waals surface area (Å²) in [4.78, 5) is 1.18. The highest BCUT2D eigenvalue weighted by Gasteiger charge is 2.13. The van der Waals surface area contributed by atoms with Crippen molar-refractivity contribution in [2.45, 2.75) is 23.5 Å². The Morgan fingerprint density at radius 3 is 2.08 bits per heavy atom. The van der Waals surface area contributed by atoms with Gasteiger partial charge in [-0.3, -0.25) is 0 Å². The van der Waals surface area contributed by atoms with Crippen LogP contribution in [0.3, 0.4) is 0 Å². The van der Waals surface area contributed by atoms with Crippen molar-refractivity contribution in [2.24, 2.45) is 0 Å². The van der Waals surface area contributed by atoms with E-state index in [0.717, 1.165) is 12.2 Å². The highest BCUT2D eigenvalue weighted by Crippen LogP contribution is 2.33. The number of aryl methyl sites for hydroxylation is 1. The second kappa shape index (κ2) is 8.59. The Balaban J connectivity index is 2.00. The van der Waals surface area contributed by atoms with E-state index in [1.807, 2.05) is 30.8 Å². The van der Waals surface area contributed by atoms with E-state index in [1.54, 1.807) is 6.26 Å². The molecule has 2 heteroatoms. The summed E-state index contributed by atoms with van der Waals surface area (Å²) in [6, 6.07) is 23.1. The molecule has 1 aromatic heterocycles. The first-order chi connectivity index (χ1) is 12.3. The Labute approximate surface area is 154 Å². The Hall–Kier alpha value is -2.45. The Bertz CT molecular complexity index is 789. The second-order valence-electron chi connectivity index (χ2n) is 5.83. The lowest BCUT2D eigenvalue weighted by Crippen LogP contribution is -2.00. The van der Waals surface area contributed by atoms with Crippen LogP contribution in [-0.4, -0.2) is 5.25 Å². The van der Waals surface area contributed by atoms with Gasteiger partial charge in [-0.05, 0) is 36.1 Å². The molecule has 0 aliphatic carbocycles. The molecule has 0 saturated heterocycles. The number of rotatable bonds is 7. The van der Waals surface area contributed by atoms with Gasteiger partial charge in [0.1, 0.15) is 5.76 Å². The van der Waals surface area contributed by atoms with Crippen LogP contribution in [0, 0.1) is 6.92 Å². The summed E-state index contributed by atoms with van der Waals surface area (Å²) in [5.41, 5.74) is 3.71. The molecule has 0 aliphatic heterocycles. The van der Waals surface area contributed by atoms with Crippen molar-refractivity contribution in [1.29, 1.82) is 0 Å². The number of allylic oxidation sites excluding steroid dienone is 1. The monoisotopic (exact) mass is 346 g/mol. The van der Waals surface area contributed by atoms with Gasteiger partial charge in [-0.15, -0.1) is 18.3 Å². The number of furan rings is 1. The zero-order valence-electron chi connectivity index (χ0n) is 14.4. The molecule has 0 aliphatic rings. The molecule has 2 aromatic carbocycles. The number of thioether (sulfide) groups is 1. The zero-order chi connectivity index (χ0) is 17.5. The van der Waals surface area contributed by atoms with Crippen LogP contribution in [0.15, 0.2) is 101 Å². The molecule has 0 fully saturated rings. The molecule has 0 N–H and O–H groups in total. The summed E-state index contributed by atoms with van der Waals surface area (Å²) in [6.45, 7) is 5.95. The SMILES string of the molecule is C=CCC(C=C(c1ccccc1)c1ccccc1)Sc1ccoc1C. The minimum absolute atomic E-state index is 0.296. The average molecular weight is 346 g/mol. The lowest BCUT2D eigenvalue weighted by molar-refractivity contribution is 0.527. The second-order valence-corrected chi connectivity index (χ2v) is 7.12. The third-order valence-electron chi connectivity index (χ3n) is 4.01. The predicted molar refractivity (Wildman–Crippen MR) is 108 cm³/mol. The summed E-state index contributed by atoms with van der Waals surface area (Å²) in [5, 5.41) is 0.296. The normalized spacial score (nSPS) is 11.7. The highest BCUT2D eigenvalue weighted by atomic mass is 32.2. The lowest BCUT2D eigenvalue weighted by atomic mass is 9.96. The first-order valence-corrected chi connectivity index (χ1v) is 9.30. The molecule has 0 radical (unpaired) electrons. The fraction of sp³-hybridized carbons (Fsp3) is 0.130. The quantitative estimate of drug-likeness (QED) is 0.346. The topological polar surface area (TPSA) is 13.1 Å². The van der Waals surface area contributed by atoms with Crippen LogP contribution < -0.4 is 0 Å². The predicted octanol–water partition coefficient (Wildman–Crippen LogP) is 6.76. The van der Waals surface area contributed by atoms with Gasteiger partial charge in [-0.25, -0.2) is 0 Å². The molecule has 25 heavy (non-hydrogen) atoms. The van der Waals surface area contributed by atoms with Gasteiger partial charge < -0.3 is 4.42 Å². The molecule has 0 spiro atoms. The Morgan fingerprint density at radius 2 is 1.60 bits per heavy atom. The first kappa shape index (κ1) is 17.4. The molecule has 0 saturated carbocycles. The number of hydrogen-bond acceptors (Lipinski definition) is 2. The van der Waals surface area contributed by atoms with Gasteiger partial charge in [0.15, 0.2) is 0 Å². The summed E-state index contributed by atoms with van der Waals surface area (Å²) >= 11 is 1.82. The van der Waals surface area contributed by atoms with Crippen molar-refractivity contribution in [1.82, 2.24) is 0 Å². The summed E-state index contributed by atoms with van der Waals surface area (Å²) in [5.74, 6) is 0.966. The maximum Gasteiger partial charge on any atom is 0.114 e. The number of benzene rings is 2. The first-order valence-electron chi connectivity index (χ1n) is 8.42. The molecule has 0 bridgehead atoms. The van der Waals surface area contributed by atoms with Crippen LogP contribution in [0.1, 0.15) is 23.3 Å². The van der Waals surface area contributed by atoms with E-state index in [1.165, 1.54) is 21.6 Å². The molecule has 1 heterocycles. The Kier molecular flexibility index (Phi) is 5.97. The smallest absolute Gasteiger partial charge is 0.114 e. The van der Waals surface area contributed by atoms with Crippen LogP contribution in [-0.2, 0) is 0 Å². The van der Waals surface area contributed by atoms with Gasteiger partial charge in [0, 0.05) is 10.1 Å². The van der Waals surface area contributed by atoms with Crippen LogP contribution in [0.4, 0.5) is 0 Å². The average Bonchev–Trinajstić information content (AvgIpc) is 3.06. The van der Waals surface area contributed by atoms with Crippen molar-refractivity contribution in [3.05, 3.63) is 109 Å². The van der Waals surface area contributed by atoms with E-state index in [9.17, 15) is 0 Å². The largest absolute Gasteiger partial charge is 0.468 e. The van der Waals surface area contributed by atoms with Gasteiger partial charge in [-0.2, -0.15) is 0 Å². The van der Waals surface area contributed by atoms with Crippen LogP contribution in [0.5, 0.6) is 0 Å². The molecule has 3 aromatic rings. The standard InChI is InChI=1S/C23H22OS/c1-3-10-21(25-23-15-16-24-18(23)2)17-22(19-11-6-4-7-12-19)20-13-8-5-9-14-20/h3-9,11-17,21H,1,10H2,2H3. The fourth-order valence-electron chi connectivity index (χ4n) is 2.75. The van der Waals surface area contributed by atoms with Crippen LogP contribution >= 0.6 is 11.8 Å². The van der Waals surface area contributed by atoms with E-state index in [-0.39, 0.29) is 0 Å². The molecular weight excluding hydrogens is 324 g/mol. The minimum atomic E-state index is 0.296. The molecule has 0 amide bonds. The van der Waals surface area contributed by atoms with Crippen molar-refractivity contribution in [2.75, 3.05) is 0 Å².